The van der Waals surface area contributed by atoms with Crippen LogP contribution in [0.25, 0.3) is 16.7 Å². The number of aryl methyl sites for hydroxylation is 1. The minimum absolute atomic E-state index is 0.111. The van der Waals surface area contributed by atoms with E-state index in [0.717, 1.165) is 23.2 Å². The fourth-order valence-electron chi connectivity index (χ4n) is 4.08. The van der Waals surface area contributed by atoms with E-state index in [1.165, 1.54) is 11.8 Å². The summed E-state index contributed by atoms with van der Waals surface area (Å²) in [5.74, 6) is 0.693. The van der Waals surface area contributed by atoms with Crippen molar-refractivity contribution in [1.82, 2.24) is 19.2 Å². The van der Waals surface area contributed by atoms with Crippen LogP contribution in [0.3, 0.4) is 0 Å². The Morgan fingerprint density at radius 3 is 2.63 bits per heavy atom. The molecule has 9 heteroatoms. The van der Waals surface area contributed by atoms with Gasteiger partial charge in [0.1, 0.15) is 0 Å². The molecule has 0 saturated carbocycles. The minimum atomic E-state index is -0.431. The van der Waals surface area contributed by atoms with Gasteiger partial charge in [0.2, 0.25) is 11.7 Å². The van der Waals surface area contributed by atoms with Gasteiger partial charge in [-0.2, -0.15) is 0 Å². The van der Waals surface area contributed by atoms with E-state index in [1.807, 2.05) is 47.7 Å². The molecule has 2 atom stereocenters. The van der Waals surface area contributed by atoms with E-state index in [-0.39, 0.29) is 11.5 Å². The van der Waals surface area contributed by atoms with Crippen LogP contribution in [0.2, 0.25) is 0 Å². The van der Waals surface area contributed by atoms with Gasteiger partial charge in [0.25, 0.3) is 5.56 Å². The molecule has 1 amide bonds. The molecule has 0 aliphatic carbocycles. The quantitative estimate of drug-likeness (QED) is 0.254. The van der Waals surface area contributed by atoms with Crippen molar-refractivity contribution < 1.29 is 9.53 Å². The molecule has 0 radical (unpaired) electrons. The summed E-state index contributed by atoms with van der Waals surface area (Å²) in [6.07, 6.45) is 1.66. The Labute approximate surface area is 208 Å². The zero-order valence-corrected chi connectivity index (χ0v) is 21.3. The number of nitrogens with zero attached hydrogens (tertiary/aromatic N) is 4. The summed E-state index contributed by atoms with van der Waals surface area (Å²) < 4.78 is 8.66. The summed E-state index contributed by atoms with van der Waals surface area (Å²) in [5.41, 5.74) is 2.57. The Kier molecular flexibility index (Phi) is 7.87. The van der Waals surface area contributed by atoms with Crippen LogP contribution in [0.1, 0.15) is 45.1 Å². The molecule has 4 aromatic rings. The van der Waals surface area contributed by atoms with Crippen LogP contribution in [0, 0.1) is 0 Å². The van der Waals surface area contributed by atoms with Crippen LogP contribution in [-0.2, 0) is 16.1 Å². The highest BCUT2D eigenvalue weighted by Crippen LogP contribution is 2.29. The molecule has 0 aliphatic heterocycles. The lowest BCUT2D eigenvalue weighted by atomic mass is 9.97. The molecule has 2 unspecified atom stereocenters. The van der Waals surface area contributed by atoms with Crippen LogP contribution in [0.5, 0.6) is 0 Å². The number of aromatic nitrogens is 4. The molecule has 35 heavy (non-hydrogen) atoms. The predicted molar refractivity (Wildman–Crippen MR) is 140 cm³/mol. The van der Waals surface area contributed by atoms with E-state index in [4.69, 9.17) is 4.74 Å². The molecule has 2 heterocycles. The lowest BCUT2D eigenvalue weighted by Gasteiger charge is -2.17. The number of methoxy groups -OCH3 is 1. The number of para-hydroxylation sites is 2. The third-order valence-electron chi connectivity index (χ3n) is 6.22. The molecular weight excluding hydrogens is 462 g/mol. The fraction of sp³-hybridized carbons (Fsp3) is 0.385. The lowest BCUT2D eigenvalue weighted by molar-refractivity contribution is -0.115. The first-order valence-electron chi connectivity index (χ1n) is 11.9. The van der Waals surface area contributed by atoms with Gasteiger partial charge >= 0.3 is 0 Å². The summed E-state index contributed by atoms with van der Waals surface area (Å²) in [6.45, 7) is 7.15. The largest absolute Gasteiger partial charge is 0.385 e. The van der Waals surface area contributed by atoms with Crippen molar-refractivity contribution in [2.24, 2.45) is 0 Å². The Hall–Kier alpha value is -3.17. The fourth-order valence-corrected chi connectivity index (χ4v) is 4.94. The van der Waals surface area contributed by atoms with E-state index in [1.54, 1.807) is 17.7 Å². The van der Waals surface area contributed by atoms with Crippen molar-refractivity contribution in [3.05, 3.63) is 64.4 Å². The number of hydrogen-bond acceptors (Lipinski definition) is 6. The number of hydrogen-bond donors (Lipinski definition) is 1. The monoisotopic (exact) mass is 493 g/mol. The van der Waals surface area contributed by atoms with Crippen LogP contribution >= 0.6 is 11.8 Å². The van der Waals surface area contributed by atoms with Crippen molar-refractivity contribution in [2.45, 2.75) is 56.5 Å². The average Bonchev–Trinajstić information content (AvgIpc) is 3.29. The van der Waals surface area contributed by atoms with Crippen LogP contribution < -0.4 is 10.9 Å². The molecular formula is C26H31N5O3S. The standard InChI is InChI=1S/C26H31N5O3S/c1-5-17(2)19-11-6-8-13-21(19)27-23(32)18(3)35-26-29-28-25-30(15-10-16-34-4)24(33)20-12-7-9-14-22(20)31(25)26/h6-9,11-14,17-18H,5,10,15-16H2,1-4H3,(H,27,32). The topological polar surface area (TPSA) is 90.5 Å². The van der Waals surface area contributed by atoms with Gasteiger partial charge in [-0.15, -0.1) is 10.2 Å². The zero-order valence-electron chi connectivity index (χ0n) is 20.5. The first kappa shape index (κ1) is 24.9. The number of fused-ring (bicyclic) bond motifs is 3. The van der Waals surface area contributed by atoms with Crippen molar-refractivity contribution >= 4 is 40.0 Å². The summed E-state index contributed by atoms with van der Waals surface area (Å²) in [5, 5.41) is 12.5. The van der Waals surface area contributed by atoms with Crippen LogP contribution in [-0.4, -0.2) is 44.0 Å². The highest BCUT2D eigenvalue weighted by molar-refractivity contribution is 8.00. The number of carbonyl (C=O) groups is 1. The van der Waals surface area contributed by atoms with Gasteiger partial charge in [-0.1, -0.05) is 55.9 Å². The first-order valence-corrected chi connectivity index (χ1v) is 12.8. The third-order valence-corrected chi connectivity index (χ3v) is 7.26. The van der Waals surface area contributed by atoms with Crippen molar-refractivity contribution in [1.29, 1.82) is 0 Å². The molecule has 184 valence electrons. The smallest absolute Gasteiger partial charge is 0.262 e. The molecule has 4 rings (SSSR count). The number of rotatable bonds is 10. The normalized spacial score (nSPS) is 13.3. The van der Waals surface area contributed by atoms with Crippen LogP contribution in [0.15, 0.2) is 58.5 Å². The Morgan fingerprint density at radius 2 is 1.86 bits per heavy atom. The lowest BCUT2D eigenvalue weighted by Crippen LogP contribution is -2.25. The highest BCUT2D eigenvalue weighted by atomic mass is 32.2. The Bertz CT molecular complexity index is 1400. The summed E-state index contributed by atoms with van der Waals surface area (Å²) in [6, 6.07) is 15.3. The van der Waals surface area contributed by atoms with Gasteiger partial charge < -0.3 is 10.1 Å². The molecule has 2 aromatic heterocycles. The number of benzene rings is 2. The SMILES string of the molecule is CCC(C)c1ccccc1NC(=O)C(C)Sc1nnc2n(CCCOC)c(=O)c3ccccc3n12. The maximum atomic E-state index is 13.2. The Balaban J connectivity index is 1.66. The molecule has 1 N–H and O–H groups in total. The second-order valence-corrected chi connectivity index (χ2v) is 9.89. The van der Waals surface area contributed by atoms with Gasteiger partial charge in [0, 0.05) is 25.9 Å². The highest BCUT2D eigenvalue weighted by Gasteiger charge is 2.22. The second-order valence-electron chi connectivity index (χ2n) is 8.58. The summed E-state index contributed by atoms with van der Waals surface area (Å²) in [4.78, 5) is 26.3. The third kappa shape index (κ3) is 5.11. The predicted octanol–water partition coefficient (Wildman–Crippen LogP) is 4.71. The minimum Gasteiger partial charge on any atom is -0.385 e. The second kappa shape index (κ2) is 11.0. The summed E-state index contributed by atoms with van der Waals surface area (Å²) in [7, 11) is 1.64. The molecule has 0 fully saturated rings. The number of amides is 1. The van der Waals surface area contributed by atoms with E-state index in [9.17, 15) is 9.59 Å². The number of thioether (sulfide) groups is 1. The van der Waals surface area contributed by atoms with Crippen molar-refractivity contribution in [3.63, 3.8) is 0 Å². The van der Waals surface area contributed by atoms with Gasteiger partial charge in [-0.05, 0) is 49.4 Å². The number of ether oxygens (including phenoxy) is 1. The molecule has 0 saturated heterocycles. The van der Waals surface area contributed by atoms with E-state index in [0.29, 0.717) is 41.8 Å². The zero-order chi connectivity index (χ0) is 24.9. The molecule has 0 bridgehead atoms. The molecule has 8 nitrogen and oxygen atoms in total. The number of carbonyl (C=O) groups excluding carboxylic acids is 1. The van der Waals surface area contributed by atoms with Gasteiger partial charge in [0.05, 0.1) is 16.2 Å². The number of nitrogens with one attached hydrogen (secondary N) is 1. The molecule has 0 spiro atoms. The van der Waals surface area contributed by atoms with Gasteiger partial charge in [-0.25, -0.2) is 0 Å². The van der Waals surface area contributed by atoms with Crippen molar-refractivity contribution in [3.8, 4) is 0 Å². The molecule has 2 aromatic carbocycles. The average molecular weight is 494 g/mol. The van der Waals surface area contributed by atoms with E-state index >= 15 is 0 Å². The van der Waals surface area contributed by atoms with Gasteiger partial charge in [-0.3, -0.25) is 18.6 Å². The van der Waals surface area contributed by atoms with Crippen LogP contribution in [0.4, 0.5) is 5.69 Å². The first-order chi connectivity index (χ1) is 17.0. The maximum Gasteiger partial charge on any atom is 0.262 e. The van der Waals surface area contributed by atoms with Gasteiger partial charge in [0.15, 0.2) is 5.16 Å². The summed E-state index contributed by atoms with van der Waals surface area (Å²) >= 11 is 1.32. The maximum absolute atomic E-state index is 13.2. The Morgan fingerprint density at radius 1 is 1.11 bits per heavy atom. The van der Waals surface area contributed by atoms with Crippen molar-refractivity contribution in [2.75, 3.05) is 19.0 Å². The van der Waals surface area contributed by atoms with E-state index in [2.05, 4.69) is 35.4 Å². The number of anilines is 1. The van der Waals surface area contributed by atoms with E-state index < -0.39 is 5.25 Å². The molecule has 0 aliphatic rings.